The van der Waals surface area contributed by atoms with Crippen LogP contribution in [0.2, 0.25) is 0 Å². The summed E-state index contributed by atoms with van der Waals surface area (Å²) < 4.78 is 0. The second-order valence-electron chi connectivity index (χ2n) is 4.34. The van der Waals surface area contributed by atoms with Crippen molar-refractivity contribution in [1.29, 1.82) is 0 Å². The van der Waals surface area contributed by atoms with Crippen molar-refractivity contribution in [2.24, 2.45) is 0 Å². The molecule has 0 aromatic heterocycles. The van der Waals surface area contributed by atoms with Crippen LogP contribution in [0.4, 0.5) is 5.69 Å². The second-order valence-corrected chi connectivity index (χ2v) is 4.34. The van der Waals surface area contributed by atoms with E-state index in [1.54, 1.807) is 0 Å². The van der Waals surface area contributed by atoms with E-state index in [2.05, 4.69) is 33.8 Å². The molecule has 12 heavy (non-hydrogen) atoms. The van der Waals surface area contributed by atoms with E-state index in [0.717, 1.165) is 5.69 Å². The minimum atomic E-state index is 0.149. The van der Waals surface area contributed by atoms with E-state index < -0.39 is 0 Å². The summed E-state index contributed by atoms with van der Waals surface area (Å²) in [6.45, 7) is 8.63. The Kier molecular flexibility index (Phi) is 2.14. The van der Waals surface area contributed by atoms with E-state index in [0.29, 0.717) is 0 Å². The Balaban J connectivity index is 3.23. The summed E-state index contributed by atoms with van der Waals surface area (Å²) in [5.74, 6) is 0. The molecule has 0 unspecified atom stereocenters. The normalized spacial score (nSPS) is 11.7. The van der Waals surface area contributed by atoms with Gasteiger partial charge in [-0.15, -0.1) is 0 Å². The van der Waals surface area contributed by atoms with Crippen molar-refractivity contribution in [2.75, 3.05) is 5.73 Å². The third kappa shape index (κ3) is 1.79. The van der Waals surface area contributed by atoms with E-state index in [1.807, 2.05) is 12.1 Å². The van der Waals surface area contributed by atoms with Crippen LogP contribution in [0.3, 0.4) is 0 Å². The van der Waals surface area contributed by atoms with Crippen molar-refractivity contribution in [3.8, 4) is 0 Å². The molecule has 0 saturated heterocycles. The van der Waals surface area contributed by atoms with Gasteiger partial charge in [0.05, 0.1) is 0 Å². The largest absolute Gasteiger partial charge is 0.398 e. The van der Waals surface area contributed by atoms with E-state index in [-0.39, 0.29) is 5.41 Å². The number of hydrogen-bond acceptors (Lipinski definition) is 1. The van der Waals surface area contributed by atoms with Crippen LogP contribution in [0.25, 0.3) is 0 Å². The fraction of sp³-hybridized carbons (Fsp3) is 0.455. The molecule has 0 heterocycles. The summed E-state index contributed by atoms with van der Waals surface area (Å²) in [4.78, 5) is 0. The molecule has 1 nitrogen and oxygen atoms in total. The zero-order valence-corrected chi connectivity index (χ0v) is 8.31. The van der Waals surface area contributed by atoms with Gasteiger partial charge in [-0.3, -0.25) is 0 Å². The molecule has 0 aliphatic carbocycles. The highest BCUT2D eigenvalue weighted by molar-refractivity contribution is 5.51. The average molecular weight is 163 g/mol. The number of anilines is 1. The number of rotatable bonds is 0. The molecule has 66 valence electrons. The molecule has 0 saturated carbocycles. The van der Waals surface area contributed by atoms with Crippen molar-refractivity contribution in [3.05, 3.63) is 29.3 Å². The van der Waals surface area contributed by atoms with Gasteiger partial charge in [0, 0.05) is 5.69 Å². The Morgan fingerprint density at radius 3 is 2.17 bits per heavy atom. The number of hydrogen-bond donors (Lipinski definition) is 1. The smallest absolute Gasteiger partial charge is 0.0352 e. The molecule has 0 spiro atoms. The van der Waals surface area contributed by atoms with Crippen LogP contribution in [0, 0.1) is 6.92 Å². The predicted molar refractivity (Wildman–Crippen MR) is 54.3 cm³/mol. The Morgan fingerprint density at radius 2 is 1.75 bits per heavy atom. The maximum absolute atomic E-state index is 5.88. The van der Waals surface area contributed by atoms with Gasteiger partial charge >= 0.3 is 0 Å². The van der Waals surface area contributed by atoms with E-state index in [4.69, 9.17) is 5.73 Å². The van der Waals surface area contributed by atoms with Gasteiger partial charge < -0.3 is 5.73 Å². The summed E-state index contributed by atoms with van der Waals surface area (Å²) in [5.41, 5.74) is 9.43. The van der Waals surface area contributed by atoms with Crippen LogP contribution in [0.5, 0.6) is 0 Å². The lowest BCUT2D eigenvalue weighted by Crippen LogP contribution is -2.13. The van der Waals surface area contributed by atoms with Crippen LogP contribution < -0.4 is 5.73 Å². The number of aryl methyl sites for hydroxylation is 1. The molecule has 1 heteroatoms. The van der Waals surface area contributed by atoms with Gasteiger partial charge in [0.15, 0.2) is 0 Å². The van der Waals surface area contributed by atoms with Gasteiger partial charge in [-0.05, 0) is 24.0 Å². The van der Waals surface area contributed by atoms with Crippen molar-refractivity contribution in [3.63, 3.8) is 0 Å². The van der Waals surface area contributed by atoms with Gasteiger partial charge in [0.25, 0.3) is 0 Å². The maximum atomic E-state index is 5.88. The summed E-state index contributed by atoms with van der Waals surface area (Å²) in [6, 6.07) is 6.19. The molecule has 2 N–H and O–H groups in total. The maximum Gasteiger partial charge on any atom is 0.0352 e. The van der Waals surface area contributed by atoms with Crippen molar-refractivity contribution < 1.29 is 0 Å². The number of nitrogens with two attached hydrogens (primary N) is 1. The molecule has 0 amide bonds. The van der Waals surface area contributed by atoms with Crippen LogP contribution in [-0.2, 0) is 5.41 Å². The summed E-state index contributed by atoms with van der Waals surface area (Å²) in [5, 5.41) is 0. The first-order valence-electron chi connectivity index (χ1n) is 4.28. The van der Waals surface area contributed by atoms with Gasteiger partial charge in [0.1, 0.15) is 0 Å². The standard InChI is InChI=1S/C11H17N/c1-8-5-6-10(12)9(7-8)11(2,3)4/h5-7H,12H2,1-4H3. The van der Waals surface area contributed by atoms with Gasteiger partial charge in [-0.2, -0.15) is 0 Å². The number of benzene rings is 1. The molecule has 1 aromatic carbocycles. The van der Waals surface area contributed by atoms with Crippen molar-refractivity contribution >= 4 is 5.69 Å². The lowest BCUT2D eigenvalue weighted by atomic mass is 9.85. The monoisotopic (exact) mass is 163 g/mol. The van der Waals surface area contributed by atoms with E-state index in [1.165, 1.54) is 11.1 Å². The molecule has 0 radical (unpaired) electrons. The molecule has 1 rings (SSSR count). The van der Waals surface area contributed by atoms with Gasteiger partial charge in [-0.1, -0.05) is 38.5 Å². The molecule has 0 atom stereocenters. The Morgan fingerprint density at radius 1 is 1.17 bits per heavy atom. The van der Waals surface area contributed by atoms with Crippen molar-refractivity contribution in [2.45, 2.75) is 33.1 Å². The molecule has 0 fully saturated rings. The summed E-state index contributed by atoms with van der Waals surface area (Å²) in [7, 11) is 0. The highest BCUT2D eigenvalue weighted by atomic mass is 14.6. The molecular weight excluding hydrogens is 146 g/mol. The zero-order chi connectivity index (χ0) is 9.35. The minimum Gasteiger partial charge on any atom is -0.398 e. The quantitative estimate of drug-likeness (QED) is 0.585. The average Bonchev–Trinajstić information content (AvgIpc) is 1.92. The fourth-order valence-corrected chi connectivity index (χ4v) is 1.32. The molecular formula is C11H17N. The minimum absolute atomic E-state index is 0.149. The molecule has 1 aromatic rings. The predicted octanol–water partition coefficient (Wildman–Crippen LogP) is 2.87. The van der Waals surface area contributed by atoms with Crippen LogP contribution in [-0.4, -0.2) is 0 Å². The van der Waals surface area contributed by atoms with Crippen molar-refractivity contribution in [1.82, 2.24) is 0 Å². The summed E-state index contributed by atoms with van der Waals surface area (Å²) >= 11 is 0. The van der Waals surface area contributed by atoms with Gasteiger partial charge in [-0.25, -0.2) is 0 Å². The lowest BCUT2D eigenvalue weighted by Gasteiger charge is -2.21. The molecule has 0 aliphatic rings. The third-order valence-electron chi connectivity index (χ3n) is 2.02. The Hall–Kier alpha value is -0.980. The highest BCUT2D eigenvalue weighted by Crippen LogP contribution is 2.28. The van der Waals surface area contributed by atoms with E-state index >= 15 is 0 Å². The highest BCUT2D eigenvalue weighted by Gasteiger charge is 2.16. The number of nitrogen functional groups attached to an aromatic ring is 1. The fourth-order valence-electron chi connectivity index (χ4n) is 1.32. The molecule has 0 aliphatic heterocycles. The van der Waals surface area contributed by atoms with Crippen LogP contribution in [0.15, 0.2) is 18.2 Å². The summed E-state index contributed by atoms with van der Waals surface area (Å²) in [6.07, 6.45) is 0. The van der Waals surface area contributed by atoms with E-state index in [9.17, 15) is 0 Å². The Labute approximate surface area is 74.6 Å². The van der Waals surface area contributed by atoms with Crippen LogP contribution >= 0.6 is 0 Å². The second kappa shape index (κ2) is 2.81. The first-order valence-corrected chi connectivity index (χ1v) is 4.28. The van der Waals surface area contributed by atoms with Crippen LogP contribution in [0.1, 0.15) is 31.9 Å². The van der Waals surface area contributed by atoms with Gasteiger partial charge in [0.2, 0.25) is 0 Å². The Bertz CT molecular complexity index is 282. The SMILES string of the molecule is Cc1ccc(N)c(C(C)(C)C)c1. The third-order valence-corrected chi connectivity index (χ3v) is 2.02. The molecule has 0 bridgehead atoms. The zero-order valence-electron chi connectivity index (χ0n) is 8.31. The first-order chi connectivity index (χ1) is 5.41. The topological polar surface area (TPSA) is 26.0 Å². The lowest BCUT2D eigenvalue weighted by molar-refractivity contribution is 0.592. The first kappa shape index (κ1) is 9.11.